The summed E-state index contributed by atoms with van der Waals surface area (Å²) in [6.07, 6.45) is -5.40. The number of carbonyl (C=O) groups is 2. The lowest BCUT2D eigenvalue weighted by Crippen LogP contribution is -2.19. The Hall–Kier alpha value is -3.96. The number of aromatic nitrogens is 2. The molecule has 0 atom stereocenters. The largest absolute Gasteiger partial charge is 0.573 e. The van der Waals surface area contributed by atoms with Gasteiger partial charge in [0.05, 0.1) is 25.5 Å². The summed E-state index contributed by atoms with van der Waals surface area (Å²) in [5.41, 5.74) is -3.12. The summed E-state index contributed by atoms with van der Waals surface area (Å²) in [5, 5.41) is 3.94. The molecule has 0 radical (unpaired) electrons. The number of esters is 2. The average molecular weight is 456 g/mol. The van der Waals surface area contributed by atoms with Gasteiger partial charge in [0.25, 0.3) is 0 Å². The van der Waals surface area contributed by atoms with Gasteiger partial charge in [0.1, 0.15) is 17.1 Å². The summed E-state index contributed by atoms with van der Waals surface area (Å²) in [4.78, 5) is 25.0. The van der Waals surface area contributed by atoms with Gasteiger partial charge >= 0.3 is 18.3 Å². The summed E-state index contributed by atoms with van der Waals surface area (Å²) in [5.74, 6) is -6.95. The topological polar surface area (TPSA) is 79.7 Å². The molecule has 1 heterocycles. The standard InChI is InChI=1S/C20H13F5N2O5/c1-30-18(28)14-15(13-11(21)8-9-12(22)17(13)32-20(23,24)25)26-27(16(14)19(29)31-2)10-6-4-3-5-7-10/h3-9H,1-2H3. The Labute approximate surface area is 176 Å². The van der Waals surface area contributed by atoms with Gasteiger partial charge in [0.15, 0.2) is 17.3 Å². The van der Waals surface area contributed by atoms with Crippen molar-refractivity contribution in [3.63, 3.8) is 0 Å². The number of hydrogen-bond acceptors (Lipinski definition) is 6. The van der Waals surface area contributed by atoms with E-state index in [1.807, 2.05) is 0 Å². The molecule has 0 aliphatic rings. The third-order valence-electron chi connectivity index (χ3n) is 4.17. The van der Waals surface area contributed by atoms with E-state index in [-0.39, 0.29) is 5.69 Å². The van der Waals surface area contributed by atoms with Gasteiger partial charge in [0.2, 0.25) is 0 Å². The highest BCUT2D eigenvalue weighted by Gasteiger charge is 2.38. The van der Waals surface area contributed by atoms with Gasteiger partial charge in [-0.25, -0.2) is 23.1 Å². The number of rotatable bonds is 5. The van der Waals surface area contributed by atoms with Crippen LogP contribution in [-0.2, 0) is 9.47 Å². The normalized spacial score (nSPS) is 11.2. The van der Waals surface area contributed by atoms with Crippen molar-refractivity contribution in [1.29, 1.82) is 0 Å². The van der Waals surface area contributed by atoms with Crippen molar-refractivity contribution in [1.82, 2.24) is 9.78 Å². The lowest BCUT2D eigenvalue weighted by Gasteiger charge is -2.14. The van der Waals surface area contributed by atoms with Gasteiger partial charge in [-0.05, 0) is 24.3 Å². The van der Waals surface area contributed by atoms with Crippen molar-refractivity contribution in [3.8, 4) is 22.7 Å². The highest BCUT2D eigenvalue weighted by Crippen LogP contribution is 2.40. The molecule has 12 heteroatoms. The smallest absolute Gasteiger partial charge is 0.465 e. The Kier molecular flexibility index (Phi) is 6.14. The molecule has 0 aliphatic heterocycles. The number of ether oxygens (including phenoxy) is 3. The quantitative estimate of drug-likeness (QED) is 0.421. The van der Waals surface area contributed by atoms with Gasteiger partial charge in [-0.3, -0.25) is 0 Å². The summed E-state index contributed by atoms with van der Waals surface area (Å²) in [6, 6.07) is 8.52. The maximum Gasteiger partial charge on any atom is 0.573 e. The summed E-state index contributed by atoms with van der Waals surface area (Å²) in [7, 11) is 1.90. The first kappa shape index (κ1) is 22.7. The van der Waals surface area contributed by atoms with Crippen LogP contribution in [0.1, 0.15) is 20.8 Å². The molecule has 0 saturated heterocycles. The highest BCUT2D eigenvalue weighted by molar-refractivity contribution is 6.07. The number of para-hydroxylation sites is 1. The van der Waals surface area contributed by atoms with Crippen molar-refractivity contribution in [2.24, 2.45) is 0 Å². The van der Waals surface area contributed by atoms with Crippen molar-refractivity contribution < 1.29 is 45.8 Å². The van der Waals surface area contributed by atoms with Crippen LogP contribution in [0.3, 0.4) is 0 Å². The van der Waals surface area contributed by atoms with Crippen molar-refractivity contribution in [2.75, 3.05) is 14.2 Å². The molecule has 0 aliphatic carbocycles. The van der Waals surface area contributed by atoms with Crippen molar-refractivity contribution in [2.45, 2.75) is 6.36 Å². The second-order valence-electron chi connectivity index (χ2n) is 6.08. The number of halogens is 5. The molecule has 0 saturated carbocycles. The fraction of sp³-hybridized carbons (Fsp3) is 0.150. The monoisotopic (exact) mass is 456 g/mol. The summed E-state index contributed by atoms with van der Waals surface area (Å²) in [6.45, 7) is 0. The van der Waals surface area contributed by atoms with E-state index in [4.69, 9.17) is 0 Å². The second-order valence-corrected chi connectivity index (χ2v) is 6.08. The zero-order valence-electron chi connectivity index (χ0n) is 16.4. The first-order valence-electron chi connectivity index (χ1n) is 8.68. The average Bonchev–Trinajstić information content (AvgIpc) is 3.15. The molecule has 0 N–H and O–H groups in total. The van der Waals surface area contributed by atoms with Crippen molar-refractivity contribution >= 4 is 11.9 Å². The minimum atomic E-state index is -5.40. The fourth-order valence-corrected chi connectivity index (χ4v) is 2.90. The van der Waals surface area contributed by atoms with Gasteiger partial charge in [-0.15, -0.1) is 13.2 Å². The molecular formula is C20H13F5N2O5. The molecule has 2 aromatic carbocycles. The molecule has 0 bridgehead atoms. The van der Waals surface area contributed by atoms with Gasteiger partial charge in [-0.1, -0.05) is 18.2 Å². The van der Waals surface area contributed by atoms with Crippen LogP contribution < -0.4 is 4.74 Å². The molecule has 32 heavy (non-hydrogen) atoms. The zero-order valence-corrected chi connectivity index (χ0v) is 16.4. The number of hydrogen-bond donors (Lipinski definition) is 0. The Morgan fingerprint density at radius 3 is 2.06 bits per heavy atom. The van der Waals surface area contributed by atoms with Crippen LogP contribution in [0.25, 0.3) is 16.9 Å². The van der Waals surface area contributed by atoms with E-state index < -0.39 is 58.2 Å². The van der Waals surface area contributed by atoms with Gasteiger partial charge < -0.3 is 14.2 Å². The Morgan fingerprint density at radius 1 is 0.906 bits per heavy atom. The lowest BCUT2D eigenvalue weighted by molar-refractivity contribution is -0.275. The number of alkyl halides is 3. The Morgan fingerprint density at radius 2 is 1.50 bits per heavy atom. The van der Waals surface area contributed by atoms with Crippen LogP contribution in [0.2, 0.25) is 0 Å². The minimum absolute atomic E-state index is 0.166. The van der Waals surface area contributed by atoms with E-state index in [9.17, 15) is 31.5 Å². The Bertz CT molecular complexity index is 1180. The van der Waals surface area contributed by atoms with E-state index in [1.165, 1.54) is 24.3 Å². The predicted octanol–water partition coefficient (Wildman–Crippen LogP) is 4.29. The van der Waals surface area contributed by atoms with Gasteiger partial charge in [0, 0.05) is 0 Å². The molecule has 0 fully saturated rings. The van der Waals surface area contributed by atoms with Crippen LogP contribution in [0.5, 0.6) is 5.75 Å². The number of carbonyl (C=O) groups excluding carboxylic acids is 2. The van der Waals surface area contributed by atoms with Crippen molar-refractivity contribution in [3.05, 3.63) is 65.4 Å². The number of nitrogens with zero attached hydrogens (tertiary/aromatic N) is 2. The first-order chi connectivity index (χ1) is 15.1. The third-order valence-corrected chi connectivity index (χ3v) is 4.17. The van der Waals surface area contributed by atoms with Crippen LogP contribution in [0.15, 0.2) is 42.5 Å². The van der Waals surface area contributed by atoms with Gasteiger partial charge in [-0.2, -0.15) is 5.10 Å². The molecule has 0 amide bonds. The van der Waals surface area contributed by atoms with E-state index in [0.29, 0.717) is 12.1 Å². The molecule has 0 unspecified atom stereocenters. The van der Waals surface area contributed by atoms with Crippen LogP contribution in [0, 0.1) is 11.6 Å². The summed E-state index contributed by atoms with van der Waals surface area (Å²) >= 11 is 0. The van der Waals surface area contributed by atoms with Crippen LogP contribution in [-0.4, -0.2) is 42.3 Å². The fourth-order valence-electron chi connectivity index (χ4n) is 2.90. The zero-order chi connectivity index (χ0) is 23.6. The molecule has 168 valence electrons. The molecule has 0 spiro atoms. The number of benzene rings is 2. The minimum Gasteiger partial charge on any atom is -0.465 e. The first-order valence-corrected chi connectivity index (χ1v) is 8.68. The SMILES string of the molecule is COC(=O)c1c(-c2c(F)ccc(F)c2OC(F)(F)F)nn(-c2ccccc2)c1C(=O)OC. The molecule has 3 aromatic rings. The van der Waals surface area contributed by atoms with E-state index in [1.54, 1.807) is 6.07 Å². The van der Waals surface area contributed by atoms with E-state index >= 15 is 0 Å². The molecule has 3 rings (SSSR count). The molecular weight excluding hydrogens is 443 g/mol. The predicted molar refractivity (Wildman–Crippen MR) is 98.3 cm³/mol. The summed E-state index contributed by atoms with van der Waals surface area (Å²) < 4.78 is 81.5. The second kappa shape index (κ2) is 8.65. The maximum absolute atomic E-state index is 14.7. The Balaban J connectivity index is 2.45. The third kappa shape index (κ3) is 4.24. The number of methoxy groups -OCH3 is 2. The van der Waals surface area contributed by atoms with E-state index in [0.717, 1.165) is 18.9 Å². The molecule has 1 aromatic heterocycles. The van der Waals surface area contributed by atoms with E-state index in [2.05, 4.69) is 19.3 Å². The van der Waals surface area contributed by atoms with Crippen LogP contribution in [0.4, 0.5) is 22.0 Å². The van der Waals surface area contributed by atoms with Crippen LogP contribution >= 0.6 is 0 Å². The molecule has 7 nitrogen and oxygen atoms in total. The maximum atomic E-state index is 14.7. The lowest BCUT2D eigenvalue weighted by atomic mass is 10.0. The highest BCUT2D eigenvalue weighted by atomic mass is 19.4.